The van der Waals surface area contributed by atoms with E-state index in [9.17, 15) is 8.42 Å². The third kappa shape index (κ3) is 10.6. The summed E-state index contributed by atoms with van der Waals surface area (Å²) in [6.45, 7) is 4.32. The number of benzene rings is 1. The summed E-state index contributed by atoms with van der Waals surface area (Å²) in [4.78, 5) is 4.65. The quantitative estimate of drug-likeness (QED) is 0.174. The van der Waals surface area contributed by atoms with E-state index >= 15 is 0 Å². The maximum atomic E-state index is 11.7. The van der Waals surface area contributed by atoms with Gasteiger partial charge in [-0.05, 0) is 37.4 Å². The van der Waals surface area contributed by atoms with Gasteiger partial charge in [0.25, 0.3) is 0 Å². The molecule has 0 atom stereocenters. The van der Waals surface area contributed by atoms with Crippen LogP contribution >= 0.6 is 24.0 Å². The van der Waals surface area contributed by atoms with Gasteiger partial charge in [-0.1, -0.05) is 62.8 Å². The second-order valence-corrected chi connectivity index (χ2v) is 9.48. The van der Waals surface area contributed by atoms with E-state index in [-0.39, 0.29) is 29.7 Å². The molecule has 2 rings (SSSR count). The molecule has 1 aliphatic rings. The number of aliphatic imine (C=N–C) groups is 1. The summed E-state index contributed by atoms with van der Waals surface area (Å²) in [7, 11) is -1.83. The van der Waals surface area contributed by atoms with E-state index in [1.807, 2.05) is 24.3 Å². The Morgan fingerprint density at radius 1 is 1.14 bits per heavy atom. The molecule has 166 valence electrons. The Kier molecular flexibility index (Phi) is 12.8. The van der Waals surface area contributed by atoms with Gasteiger partial charge in [-0.3, -0.25) is 0 Å². The molecule has 0 radical (unpaired) electrons. The zero-order chi connectivity index (χ0) is 20.2. The highest BCUT2D eigenvalue weighted by molar-refractivity contribution is 14.0. The van der Waals surface area contributed by atoms with Crippen LogP contribution in [-0.2, 0) is 22.3 Å². The fourth-order valence-corrected chi connectivity index (χ4v) is 4.45. The van der Waals surface area contributed by atoms with Crippen molar-refractivity contribution in [2.45, 2.75) is 64.2 Å². The number of sulfonamides is 1. The van der Waals surface area contributed by atoms with Crippen molar-refractivity contribution >= 4 is 40.0 Å². The first-order valence-corrected chi connectivity index (χ1v) is 12.2. The molecule has 0 unspecified atom stereocenters. The van der Waals surface area contributed by atoms with Gasteiger partial charge in [0.1, 0.15) is 0 Å². The largest absolute Gasteiger partial charge is 0.357 e. The van der Waals surface area contributed by atoms with Gasteiger partial charge in [0.15, 0.2) is 5.96 Å². The molecule has 8 heteroatoms. The lowest BCUT2D eigenvalue weighted by molar-refractivity contribution is 0.472. The van der Waals surface area contributed by atoms with Crippen molar-refractivity contribution in [1.82, 2.24) is 15.4 Å². The number of unbranched alkanes of at least 4 members (excludes halogenated alkanes) is 1. The van der Waals surface area contributed by atoms with Crippen LogP contribution in [0.25, 0.3) is 0 Å². The van der Waals surface area contributed by atoms with E-state index in [1.54, 1.807) is 0 Å². The minimum Gasteiger partial charge on any atom is -0.357 e. The maximum Gasteiger partial charge on any atom is 0.215 e. The Morgan fingerprint density at radius 3 is 2.55 bits per heavy atom. The topological polar surface area (TPSA) is 82.6 Å². The summed E-state index contributed by atoms with van der Waals surface area (Å²) < 4.78 is 25.8. The predicted octanol–water partition coefficient (Wildman–Crippen LogP) is 3.77. The SMILES string of the molecule is CCNC(=NCc1cccc(CS(=O)(=O)NC)c1)NCCCCC1CCCC1.I. The van der Waals surface area contributed by atoms with E-state index < -0.39 is 10.0 Å². The fourth-order valence-electron chi connectivity index (χ4n) is 3.69. The van der Waals surface area contributed by atoms with Crippen LogP contribution in [0.4, 0.5) is 0 Å². The highest BCUT2D eigenvalue weighted by Crippen LogP contribution is 2.28. The molecule has 0 heterocycles. The van der Waals surface area contributed by atoms with Gasteiger partial charge in [-0.15, -0.1) is 24.0 Å². The monoisotopic (exact) mass is 536 g/mol. The molecule has 0 amide bonds. The molecular formula is C21H37IN4O2S. The van der Waals surface area contributed by atoms with E-state index in [4.69, 9.17) is 0 Å². The lowest BCUT2D eigenvalue weighted by Gasteiger charge is -2.12. The van der Waals surface area contributed by atoms with Crippen molar-refractivity contribution in [3.8, 4) is 0 Å². The number of nitrogens with zero attached hydrogens (tertiary/aromatic N) is 1. The van der Waals surface area contributed by atoms with E-state index in [2.05, 4.69) is 27.3 Å². The van der Waals surface area contributed by atoms with Crippen molar-refractivity contribution in [2.24, 2.45) is 10.9 Å². The van der Waals surface area contributed by atoms with E-state index in [1.165, 1.54) is 45.6 Å². The molecule has 1 saturated carbocycles. The molecule has 1 aromatic carbocycles. The maximum absolute atomic E-state index is 11.7. The average Bonchev–Trinajstić information content (AvgIpc) is 3.19. The molecule has 0 bridgehead atoms. The van der Waals surface area contributed by atoms with Crippen LogP contribution in [0.2, 0.25) is 0 Å². The summed E-state index contributed by atoms with van der Waals surface area (Å²) in [6, 6.07) is 7.60. The van der Waals surface area contributed by atoms with Gasteiger partial charge >= 0.3 is 0 Å². The number of hydrogen-bond acceptors (Lipinski definition) is 3. The zero-order valence-electron chi connectivity index (χ0n) is 17.7. The molecule has 0 saturated heterocycles. The van der Waals surface area contributed by atoms with E-state index in [0.717, 1.165) is 42.5 Å². The molecule has 6 nitrogen and oxygen atoms in total. The van der Waals surface area contributed by atoms with Crippen LogP contribution in [0.1, 0.15) is 63.0 Å². The third-order valence-corrected chi connectivity index (χ3v) is 6.56. The minimum absolute atomic E-state index is 0. The molecule has 3 N–H and O–H groups in total. The molecule has 1 fully saturated rings. The Bertz CT molecular complexity index is 719. The molecule has 0 aliphatic heterocycles. The Balaban J connectivity index is 0.00000420. The average molecular weight is 537 g/mol. The van der Waals surface area contributed by atoms with Crippen LogP contribution in [0.15, 0.2) is 29.3 Å². The lowest BCUT2D eigenvalue weighted by atomic mass is 10.0. The highest BCUT2D eigenvalue weighted by Gasteiger charge is 2.14. The second-order valence-electron chi connectivity index (χ2n) is 7.55. The lowest BCUT2D eigenvalue weighted by Crippen LogP contribution is -2.37. The van der Waals surface area contributed by atoms with Crippen LogP contribution in [0.3, 0.4) is 0 Å². The van der Waals surface area contributed by atoms with Crippen molar-refractivity contribution in [3.63, 3.8) is 0 Å². The molecule has 0 aromatic heterocycles. The van der Waals surface area contributed by atoms with Crippen molar-refractivity contribution in [2.75, 3.05) is 20.1 Å². The van der Waals surface area contributed by atoms with Gasteiger partial charge in [0.2, 0.25) is 10.0 Å². The standard InChI is InChI=1S/C21H36N4O2S.HI/c1-3-23-21(24-14-7-6-11-18-9-4-5-10-18)25-16-19-12-8-13-20(15-19)17-28(26,27)22-2;/h8,12-13,15,18,22H,3-7,9-11,14,16-17H2,1-2H3,(H2,23,24,25);1H. The van der Waals surface area contributed by atoms with Crippen LogP contribution in [0, 0.1) is 5.92 Å². The summed E-state index contributed by atoms with van der Waals surface area (Å²) in [6.07, 6.45) is 9.48. The van der Waals surface area contributed by atoms with Crippen LogP contribution in [0.5, 0.6) is 0 Å². The Labute approximate surface area is 193 Å². The number of rotatable bonds is 11. The zero-order valence-corrected chi connectivity index (χ0v) is 20.9. The minimum atomic E-state index is -3.26. The Morgan fingerprint density at radius 2 is 1.86 bits per heavy atom. The molecular weight excluding hydrogens is 499 g/mol. The normalized spacial score (nSPS) is 15.2. The summed E-state index contributed by atoms with van der Waals surface area (Å²) in [5.74, 6) is 1.76. The van der Waals surface area contributed by atoms with Crippen LogP contribution in [-0.4, -0.2) is 34.5 Å². The molecule has 1 aliphatic carbocycles. The molecule has 29 heavy (non-hydrogen) atoms. The summed E-state index contributed by atoms with van der Waals surface area (Å²) in [5, 5.41) is 6.69. The number of nitrogens with one attached hydrogen (secondary N) is 3. The smallest absolute Gasteiger partial charge is 0.215 e. The second kappa shape index (κ2) is 14.2. The van der Waals surface area contributed by atoms with Crippen LogP contribution < -0.4 is 15.4 Å². The van der Waals surface area contributed by atoms with Gasteiger partial charge in [-0.2, -0.15) is 0 Å². The fraction of sp³-hybridized carbons (Fsp3) is 0.667. The first-order chi connectivity index (χ1) is 13.5. The first-order valence-electron chi connectivity index (χ1n) is 10.5. The number of guanidine groups is 1. The Hall–Kier alpha value is -0.870. The van der Waals surface area contributed by atoms with Gasteiger partial charge in [0.05, 0.1) is 12.3 Å². The van der Waals surface area contributed by atoms with Crippen molar-refractivity contribution < 1.29 is 8.42 Å². The summed E-state index contributed by atoms with van der Waals surface area (Å²) in [5.41, 5.74) is 1.77. The van der Waals surface area contributed by atoms with Crippen molar-refractivity contribution in [1.29, 1.82) is 0 Å². The van der Waals surface area contributed by atoms with Gasteiger partial charge in [-0.25, -0.2) is 18.1 Å². The third-order valence-electron chi connectivity index (χ3n) is 5.23. The van der Waals surface area contributed by atoms with E-state index in [0.29, 0.717) is 6.54 Å². The molecule has 1 aromatic rings. The van der Waals surface area contributed by atoms with Gasteiger partial charge < -0.3 is 10.6 Å². The van der Waals surface area contributed by atoms with Crippen molar-refractivity contribution in [3.05, 3.63) is 35.4 Å². The highest BCUT2D eigenvalue weighted by atomic mass is 127. The number of halogens is 1. The predicted molar refractivity (Wildman–Crippen MR) is 132 cm³/mol. The molecule has 0 spiro atoms. The number of hydrogen-bond donors (Lipinski definition) is 3. The van der Waals surface area contributed by atoms with Gasteiger partial charge in [0, 0.05) is 13.1 Å². The first kappa shape index (κ1) is 26.2. The summed E-state index contributed by atoms with van der Waals surface area (Å²) >= 11 is 0.